The van der Waals surface area contributed by atoms with Crippen molar-refractivity contribution in [1.29, 1.82) is 0 Å². The summed E-state index contributed by atoms with van der Waals surface area (Å²) in [7, 11) is 1.78. The maximum atomic E-state index is 11.8. The fourth-order valence-electron chi connectivity index (χ4n) is 2.60. The number of rotatable bonds is 3. The van der Waals surface area contributed by atoms with Crippen molar-refractivity contribution in [2.24, 2.45) is 7.05 Å². The topological polar surface area (TPSA) is 50.2 Å². The van der Waals surface area contributed by atoms with Gasteiger partial charge in [-0.3, -0.25) is 9.78 Å². The van der Waals surface area contributed by atoms with Crippen molar-refractivity contribution in [2.45, 2.75) is 19.6 Å². The molecule has 1 atom stereocenters. The smallest absolute Gasteiger partial charge is 0.253 e. The number of aryl methyl sites for hydroxylation is 2. The van der Waals surface area contributed by atoms with Crippen molar-refractivity contribution in [3.05, 3.63) is 76.2 Å². The first-order valence-corrected chi connectivity index (χ1v) is 6.90. The van der Waals surface area contributed by atoms with Crippen LogP contribution in [0.15, 0.2) is 54.0 Å². The Labute approximate surface area is 123 Å². The summed E-state index contributed by atoms with van der Waals surface area (Å²) in [6.45, 7) is 2.61. The number of aromatic nitrogens is 2. The highest BCUT2D eigenvalue weighted by molar-refractivity contribution is 5.24. The van der Waals surface area contributed by atoms with Crippen molar-refractivity contribution in [3.8, 4) is 0 Å². The van der Waals surface area contributed by atoms with Gasteiger partial charge < -0.3 is 14.8 Å². The Morgan fingerprint density at radius 3 is 3.00 bits per heavy atom. The van der Waals surface area contributed by atoms with E-state index in [2.05, 4.69) is 21.3 Å². The molecule has 0 spiro atoms. The number of hydrogen-bond acceptors (Lipinski definition) is 4. The van der Waals surface area contributed by atoms with E-state index in [1.807, 2.05) is 43.9 Å². The highest BCUT2D eigenvalue weighted by atomic mass is 16.1. The van der Waals surface area contributed by atoms with Gasteiger partial charge in [0.2, 0.25) is 0 Å². The van der Waals surface area contributed by atoms with Crippen molar-refractivity contribution < 1.29 is 0 Å². The third-order valence-corrected chi connectivity index (χ3v) is 3.64. The van der Waals surface area contributed by atoms with Crippen LogP contribution in [0.2, 0.25) is 0 Å². The van der Waals surface area contributed by atoms with Gasteiger partial charge in [0.15, 0.2) is 0 Å². The number of hydrogen-bond donors (Lipinski definition) is 1. The molecule has 5 nitrogen and oxygen atoms in total. The molecular formula is C16H18N4O. The molecule has 0 saturated carbocycles. The van der Waals surface area contributed by atoms with E-state index in [1.54, 1.807) is 17.8 Å². The summed E-state index contributed by atoms with van der Waals surface area (Å²) < 4.78 is 1.63. The Balaban J connectivity index is 1.87. The van der Waals surface area contributed by atoms with Crippen LogP contribution in [0.5, 0.6) is 0 Å². The molecule has 5 heteroatoms. The van der Waals surface area contributed by atoms with Crippen LogP contribution in [0.1, 0.15) is 22.9 Å². The lowest BCUT2D eigenvalue weighted by Crippen LogP contribution is -2.29. The highest BCUT2D eigenvalue weighted by Crippen LogP contribution is 2.24. The van der Waals surface area contributed by atoms with Gasteiger partial charge in [0, 0.05) is 55.7 Å². The van der Waals surface area contributed by atoms with Gasteiger partial charge in [-0.05, 0) is 24.6 Å². The molecule has 0 bridgehead atoms. The number of nitrogens with one attached hydrogen (secondary N) is 1. The minimum Gasteiger partial charge on any atom is -0.366 e. The molecule has 0 aliphatic carbocycles. The first-order chi connectivity index (χ1) is 10.1. The molecule has 0 aromatic carbocycles. The van der Waals surface area contributed by atoms with Crippen molar-refractivity contribution >= 4 is 0 Å². The second kappa shape index (κ2) is 5.44. The van der Waals surface area contributed by atoms with E-state index in [4.69, 9.17) is 0 Å². The van der Waals surface area contributed by atoms with Crippen LogP contribution in [0, 0.1) is 6.92 Å². The van der Waals surface area contributed by atoms with Crippen LogP contribution in [0.4, 0.5) is 0 Å². The predicted molar refractivity (Wildman–Crippen MR) is 81.2 cm³/mol. The van der Waals surface area contributed by atoms with Gasteiger partial charge in [-0.15, -0.1) is 0 Å². The number of pyridine rings is 2. The Bertz CT molecular complexity index is 695. The monoisotopic (exact) mass is 282 g/mol. The van der Waals surface area contributed by atoms with Crippen LogP contribution in [-0.4, -0.2) is 14.5 Å². The summed E-state index contributed by atoms with van der Waals surface area (Å²) in [6.07, 6.45) is 9.52. The molecule has 1 unspecified atom stereocenters. The predicted octanol–water partition coefficient (Wildman–Crippen LogP) is 1.66. The molecule has 108 valence electrons. The van der Waals surface area contributed by atoms with Crippen LogP contribution < -0.4 is 10.9 Å². The average molecular weight is 282 g/mol. The Morgan fingerprint density at radius 2 is 2.29 bits per heavy atom. The quantitative estimate of drug-likeness (QED) is 0.930. The lowest BCUT2D eigenvalue weighted by atomic mass is 10.1. The Morgan fingerprint density at radius 1 is 1.43 bits per heavy atom. The minimum atomic E-state index is 0.0377. The highest BCUT2D eigenvalue weighted by Gasteiger charge is 2.21. The Kier molecular flexibility index (Phi) is 3.48. The summed E-state index contributed by atoms with van der Waals surface area (Å²) in [5.41, 5.74) is 3.02. The van der Waals surface area contributed by atoms with E-state index in [0.29, 0.717) is 0 Å². The summed E-state index contributed by atoms with van der Waals surface area (Å²) in [6, 6.07) is 5.94. The van der Waals surface area contributed by atoms with Crippen LogP contribution in [-0.2, 0) is 13.6 Å². The molecule has 2 aromatic heterocycles. The SMILES string of the molecule is Cc1cc(C2NC=CN2Cc2cccnc2)cn(C)c1=O. The van der Waals surface area contributed by atoms with Gasteiger partial charge in [0.25, 0.3) is 5.56 Å². The summed E-state index contributed by atoms with van der Waals surface area (Å²) in [4.78, 5) is 18.2. The zero-order chi connectivity index (χ0) is 14.8. The third-order valence-electron chi connectivity index (χ3n) is 3.64. The van der Waals surface area contributed by atoms with E-state index < -0.39 is 0 Å². The van der Waals surface area contributed by atoms with Gasteiger partial charge in [0.1, 0.15) is 6.17 Å². The standard InChI is InChI=1S/C16H18N4O/c1-12-8-14(11-19(2)16(12)21)15-18-6-7-20(15)10-13-4-3-5-17-9-13/h3-9,11,15,18H,10H2,1-2H3. The molecule has 0 amide bonds. The van der Waals surface area contributed by atoms with Gasteiger partial charge in [-0.2, -0.15) is 0 Å². The molecule has 0 radical (unpaired) electrons. The van der Waals surface area contributed by atoms with Crippen LogP contribution >= 0.6 is 0 Å². The zero-order valence-corrected chi connectivity index (χ0v) is 12.2. The molecule has 1 N–H and O–H groups in total. The Hall–Kier alpha value is -2.56. The molecule has 3 heterocycles. The zero-order valence-electron chi connectivity index (χ0n) is 12.2. The second-order valence-electron chi connectivity index (χ2n) is 5.29. The van der Waals surface area contributed by atoms with Crippen molar-refractivity contribution in [1.82, 2.24) is 19.8 Å². The third kappa shape index (κ3) is 2.67. The maximum Gasteiger partial charge on any atom is 0.253 e. The van der Waals surface area contributed by atoms with E-state index in [9.17, 15) is 4.79 Å². The first-order valence-electron chi connectivity index (χ1n) is 6.90. The molecular weight excluding hydrogens is 264 g/mol. The molecule has 0 saturated heterocycles. The normalized spacial score (nSPS) is 17.0. The lowest BCUT2D eigenvalue weighted by Gasteiger charge is -2.26. The van der Waals surface area contributed by atoms with Crippen molar-refractivity contribution in [2.75, 3.05) is 0 Å². The molecule has 1 aliphatic rings. The maximum absolute atomic E-state index is 11.8. The summed E-state index contributed by atoms with van der Waals surface area (Å²) in [5, 5.41) is 3.33. The van der Waals surface area contributed by atoms with E-state index >= 15 is 0 Å². The lowest BCUT2D eigenvalue weighted by molar-refractivity contribution is 0.274. The first kappa shape index (κ1) is 13.4. The number of nitrogens with zero attached hydrogens (tertiary/aromatic N) is 3. The fourth-order valence-corrected chi connectivity index (χ4v) is 2.60. The molecule has 2 aromatic rings. The van der Waals surface area contributed by atoms with Gasteiger partial charge >= 0.3 is 0 Å². The van der Waals surface area contributed by atoms with Gasteiger partial charge in [0.05, 0.1) is 0 Å². The largest absolute Gasteiger partial charge is 0.366 e. The van der Waals surface area contributed by atoms with Gasteiger partial charge in [-0.1, -0.05) is 6.07 Å². The van der Waals surface area contributed by atoms with E-state index in [0.717, 1.165) is 23.2 Å². The second-order valence-corrected chi connectivity index (χ2v) is 5.29. The minimum absolute atomic E-state index is 0.0377. The molecule has 3 rings (SSSR count). The molecule has 0 fully saturated rings. The van der Waals surface area contributed by atoms with Crippen LogP contribution in [0.25, 0.3) is 0 Å². The van der Waals surface area contributed by atoms with E-state index in [-0.39, 0.29) is 11.7 Å². The van der Waals surface area contributed by atoms with Gasteiger partial charge in [-0.25, -0.2) is 0 Å². The average Bonchev–Trinajstić information content (AvgIpc) is 2.93. The van der Waals surface area contributed by atoms with Crippen molar-refractivity contribution in [3.63, 3.8) is 0 Å². The molecule has 21 heavy (non-hydrogen) atoms. The summed E-state index contributed by atoms with van der Waals surface area (Å²) in [5.74, 6) is 0. The summed E-state index contributed by atoms with van der Waals surface area (Å²) >= 11 is 0. The van der Waals surface area contributed by atoms with Crippen LogP contribution in [0.3, 0.4) is 0 Å². The fraction of sp³-hybridized carbons (Fsp3) is 0.250. The van der Waals surface area contributed by atoms with E-state index in [1.165, 1.54) is 0 Å². The molecule has 1 aliphatic heterocycles.